The molecule has 0 spiro atoms. The summed E-state index contributed by atoms with van der Waals surface area (Å²) in [6.45, 7) is 4.12. The molecule has 3 heterocycles. The smallest absolute Gasteiger partial charge is 0.228 e. The molecule has 0 N–H and O–H groups in total. The van der Waals surface area contributed by atoms with Gasteiger partial charge in [0.05, 0.1) is 11.3 Å². The third-order valence-corrected chi connectivity index (χ3v) is 7.14. The lowest BCUT2D eigenvalue weighted by Crippen LogP contribution is -2.15. The Morgan fingerprint density at radius 3 is 2.59 bits per heavy atom. The fourth-order valence-corrected chi connectivity index (χ4v) is 5.18. The van der Waals surface area contributed by atoms with Crippen LogP contribution in [0, 0.1) is 6.92 Å². The minimum atomic E-state index is -0.120. The minimum absolute atomic E-state index is 0.120. The Bertz CT molecular complexity index is 1860. The molecule has 0 radical (unpaired) electrons. The minimum Gasteiger partial charge on any atom is -0.438 e. The molecule has 0 bridgehead atoms. The van der Waals surface area contributed by atoms with E-state index in [1.807, 2.05) is 37.3 Å². The second-order valence-electron chi connectivity index (χ2n) is 9.73. The number of aromatic nitrogens is 4. The number of fused-ring (bicyclic) bond motifs is 6. The first-order valence-electron chi connectivity index (χ1n) is 12.9. The van der Waals surface area contributed by atoms with Gasteiger partial charge in [-0.15, -0.1) is 5.10 Å². The molecule has 7 nitrogen and oxygen atoms in total. The van der Waals surface area contributed by atoms with Gasteiger partial charge in [0.1, 0.15) is 12.1 Å². The normalized spacial score (nSPS) is 14.6. The molecular weight excluding hydrogens is 486 g/mol. The molecule has 1 atom stereocenters. The van der Waals surface area contributed by atoms with Gasteiger partial charge in [-0.25, -0.2) is 14.5 Å². The van der Waals surface area contributed by atoms with Gasteiger partial charge in [0, 0.05) is 16.9 Å². The van der Waals surface area contributed by atoms with Gasteiger partial charge in [0.25, 0.3) is 0 Å². The van der Waals surface area contributed by atoms with E-state index in [0.717, 1.165) is 44.5 Å². The fourth-order valence-electron chi connectivity index (χ4n) is 5.18. The number of hydrogen-bond acceptors (Lipinski definition) is 6. The van der Waals surface area contributed by atoms with Crippen LogP contribution in [-0.4, -0.2) is 25.3 Å². The number of rotatable bonds is 5. The van der Waals surface area contributed by atoms with Gasteiger partial charge in [-0.05, 0) is 30.4 Å². The SMILES string of the molecule is C/C(=N\OCc1nc2c3c(ncn2n1)Oc1c(ccc2ccccc12)[C@H]3c1ccccc1)c1ccc(C)cc1. The molecule has 0 amide bonds. The van der Waals surface area contributed by atoms with E-state index in [1.54, 1.807) is 10.8 Å². The van der Waals surface area contributed by atoms with Gasteiger partial charge in [0.2, 0.25) is 5.88 Å². The van der Waals surface area contributed by atoms with Crippen LogP contribution in [0.1, 0.15) is 46.5 Å². The van der Waals surface area contributed by atoms with Crippen molar-refractivity contribution in [3.63, 3.8) is 0 Å². The molecule has 2 aromatic heterocycles. The van der Waals surface area contributed by atoms with Crippen molar-refractivity contribution in [1.82, 2.24) is 19.6 Å². The zero-order valence-electron chi connectivity index (χ0n) is 21.6. The first-order chi connectivity index (χ1) is 19.2. The Morgan fingerprint density at radius 2 is 1.74 bits per heavy atom. The number of aryl methyl sites for hydroxylation is 1. The van der Waals surface area contributed by atoms with E-state index in [0.29, 0.717) is 17.4 Å². The van der Waals surface area contributed by atoms with Gasteiger partial charge in [-0.1, -0.05) is 102 Å². The van der Waals surface area contributed by atoms with E-state index in [4.69, 9.17) is 14.6 Å². The fraction of sp³-hybridized carbons (Fsp3) is 0.125. The lowest BCUT2D eigenvalue weighted by molar-refractivity contribution is 0.125. The molecule has 190 valence electrons. The van der Waals surface area contributed by atoms with E-state index < -0.39 is 0 Å². The number of hydrogen-bond donors (Lipinski definition) is 0. The lowest BCUT2D eigenvalue weighted by Gasteiger charge is -2.28. The summed E-state index contributed by atoms with van der Waals surface area (Å²) >= 11 is 0. The predicted octanol–water partition coefficient (Wildman–Crippen LogP) is 6.81. The number of benzene rings is 4. The summed E-state index contributed by atoms with van der Waals surface area (Å²) in [5.74, 6) is 1.76. The van der Waals surface area contributed by atoms with Crippen LogP contribution in [-0.2, 0) is 11.4 Å². The van der Waals surface area contributed by atoms with Crippen LogP contribution >= 0.6 is 0 Å². The van der Waals surface area contributed by atoms with Crippen LogP contribution in [0.2, 0.25) is 0 Å². The van der Waals surface area contributed by atoms with Crippen molar-refractivity contribution in [2.45, 2.75) is 26.4 Å². The molecule has 0 saturated heterocycles. The number of oxime groups is 1. The number of nitrogens with zero attached hydrogens (tertiary/aromatic N) is 5. The van der Waals surface area contributed by atoms with Gasteiger partial charge in [-0.2, -0.15) is 0 Å². The van der Waals surface area contributed by atoms with Crippen molar-refractivity contribution in [3.05, 3.63) is 131 Å². The molecule has 1 aliphatic heterocycles. The average Bonchev–Trinajstić information content (AvgIpc) is 3.40. The maximum absolute atomic E-state index is 6.48. The first kappa shape index (κ1) is 23.1. The van der Waals surface area contributed by atoms with Gasteiger partial charge in [0.15, 0.2) is 18.1 Å². The molecule has 1 aliphatic rings. The van der Waals surface area contributed by atoms with Crippen molar-refractivity contribution in [2.24, 2.45) is 5.16 Å². The van der Waals surface area contributed by atoms with E-state index in [1.165, 1.54) is 5.56 Å². The van der Waals surface area contributed by atoms with E-state index in [9.17, 15) is 0 Å². The molecule has 0 unspecified atom stereocenters. The van der Waals surface area contributed by atoms with Gasteiger partial charge in [-0.3, -0.25) is 0 Å². The highest BCUT2D eigenvalue weighted by Gasteiger charge is 2.34. The van der Waals surface area contributed by atoms with Crippen LogP contribution < -0.4 is 4.74 Å². The summed E-state index contributed by atoms with van der Waals surface area (Å²) in [7, 11) is 0. The van der Waals surface area contributed by atoms with Gasteiger partial charge < -0.3 is 9.57 Å². The van der Waals surface area contributed by atoms with E-state index in [-0.39, 0.29) is 12.5 Å². The number of ether oxygens (including phenoxy) is 1. The summed E-state index contributed by atoms with van der Waals surface area (Å²) in [6.07, 6.45) is 1.64. The van der Waals surface area contributed by atoms with Crippen LogP contribution in [0.25, 0.3) is 16.4 Å². The second-order valence-corrected chi connectivity index (χ2v) is 9.73. The van der Waals surface area contributed by atoms with Crippen LogP contribution in [0.15, 0.2) is 102 Å². The summed E-state index contributed by atoms with van der Waals surface area (Å²) in [5, 5.41) is 11.1. The van der Waals surface area contributed by atoms with Crippen LogP contribution in [0.5, 0.6) is 11.6 Å². The Kier molecular flexibility index (Phi) is 5.55. The van der Waals surface area contributed by atoms with E-state index in [2.05, 4.69) is 82.8 Å². The van der Waals surface area contributed by atoms with E-state index >= 15 is 0 Å². The Labute approximate surface area is 225 Å². The molecule has 0 aliphatic carbocycles. The second kappa shape index (κ2) is 9.36. The van der Waals surface area contributed by atoms with Crippen LogP contribution in [0.4, 0.5) is 0 Å². The quantitative estimate of drug-likeness (QED) is 0.187. The molecule has 0 fully saturated rings. The summed E-state index contributed by atoms with van der Waals surface area (Å²) in [4.78, 5) is 15.2. The molecule has 6 aromatic rings. The highest BCUT2D eigenvalue weighted by molar-refractivity contribution is 5.98. The average molecular weight is 512 g/mol. The molecular formula is C32H25N5O2. The first-order valence-corrected chi connectivity index (χ1v) is 12.9. The zero-order chi connectivity index (χ0) is 26.3. The van der Waals surface area contributed by atoms with Crippen LogP contribution in [0.3, 0.4) is 0 Å². The third-order valence-electron chi connectivity index (χ3n) is 7.14. The Morgan fingerprint density at radius 1 is 0.949 bits per heavy atom. The summed E-state index contributed by atoms with van der Waals surface area (Å²) in [5.41, 5.74) is 6.77. The maximum atomic E-state index is 6.48. The topological polar surface area (TPSA) is 73.9 Å². The zero-order valence-corrected chi connectivity index (χ0v) is 21.6. The monoisotopic (exact) mass is 511 g/mol. The molecule has 0 saturated carbocycles. The van der Waals surface area contributed by atoms with Crippen molar-refractivity contribution in [3.8, 4) is 11.6 Å². The maximum Gasteiger partial charge on any atom is 0.228 e. The predicted molar refractivity (Wildman–Crippen MR) is 150 cm³/mol. The molecule has 4 aromatic carbocycles. The Balaban J connectivity index is 1.29. The standard InChI is InChI=1S/C32H25N5O2/c1-20-12-14-22(15-13-20)21(2)36-38-18-27-34-31-29-28(24-9-4-3-5-10-24)26-17-16-23-8-6-7-11-25(23)30(26)39-32(29)33-19-37(31)35-27/h3-17,19,28H,18H2,1-2H3/b36-21+/t28-/m1/s1. The van der Waals surface area contributed by atoms with Gasteiger partial charge >= 0.3 is 0 Å². The molecule has 39 heavy (non-hydrogen) atoms. The van der Waals surface area contributed by atoms with Crippen molar-refractivity contribution >= 4 is 22.1 Å². The largest absolute Gasteiger partial charge is 0.438 e. The highest BCUT2D eigenvalue weighted by atomic mass is 16.6. The lowest BCUT2D eigenvalue weighted by atomic mass is 9.83. The molecule has 7 rings (SSSR count). The van der Waals surface area contributed by atoms with Crippen molar-refractivity contribution < 1.29 is 9.57 Å². The highest BCUT2D eigenvalue weighted by Crippen LogP contribution is 2.50. The summed E-state index contributed by atoms with van der Waals surface area (Å²) in [6, 6.07) is 31.1. The molecule has 7 heteroatoms. The summed E-state index contributed by atoms with van der Waals surface area (Å²) < 4.78 is 8.18. The van der Waals surface area contributed by atoms with Crippen molar-refractivity contribution in [1.29, 1.82) is 0 Å². The van der Waals surface area contributed by atoms with Crippen molar-refractivity contribution in [2.75, 3.05) is 0 Å². The Hall–Kier alpha value is -5.04. The third kappa shape index (κ3) is 4.08.